The number of aliphatic hydroxyl groups excluding tert-OH is 1. The van der Waals surface area contributed by atoms with Crippen molar-refractivity contribution in [1.29, 1.82) is 0 Å². The van der Waals surface area contributed by atoms with E-state index in [9.17, 15) is 14.7 Å². The largest absolute Gasteiger partial charge is 0.507 e. The highest BCUT2D eigenvalue weighted by Crippen LogP contribution is 2.26. The predicted molar refractivity (Wildman–Crippen MR) is 91.2 cm³/mol. The normalized spacial score (nSPS) is 21.4. The minimum atomic E-state index is -0.713. The molecule has 134 valence electrons. The first-order valence-electron chi connectivity index (χ1n) is 8.66. The van der Waals surface area contributed by atoms with Gasteiger partial charge in [-0.1, -0.05) is 30.3 Å². The highest BCUT2D eigenvalue weighted by atomic mass is 16.6. The number of nitrogens with zero attached hydrogens (tertiary/aromatic N) is 1. The number of cyclic esters (lactones) is 1. The molecule has 6 nitrogen and oxygen atoms in total. The zero-order valence-electron chi connectivity index (χ0n) is 14.1. The number of morpholine rings is 1. The number of carbonyl (C=O) groups is 2. The average molecular weight is 345 g/mol. The van der Waals surface area contributed by atoms with Crippen molar-refractivity contribution in [3.8, 4) is 0 Å². The lowest BCUT2D eigenvalue weighted by Gasteiger charge is -2.26. The van der Waals surface area contributed by atoms with Crippen LogP contribution in [0.3, 0.4) is 0 Å². The first-order chi connectivity index (χ1) is 12.1. The average Bonchev–Trinajstić information content (AvgIpc) is 2.90. The Bertz CT molecular complexity index is 649. The highest BCUT2D eigenvalue weighted by Gasteiger charge is 2.37. The van der Waals surface area contributed by atoms with E-state index in [0.717, 1.165) is 44.8 Å². The highest BCUT2D eigenvalue weighted by molar-refractivity contribution is 6.19. The number of ketones is 1. The number of hydrogen-bond acceptors (Lipinski definition) is 6. The van der Waals surface area contributed by atoms with Crippen molar-refractivity contribution in [3.05, 3.63) is 47.2 Å². The first-order valence-corrected chi connectivity index (χ1v) is 8.66. The minimum Gasteiger partial charge on any atom is -0.507 e. The Balaban J connectivity index is 1.55. The topological polar surface area (TPSA) is 76.1 Å². The molecule has 1 N–H and O–H groups in total. The number of Topliss-reactive ketones (excluding diaryl/α,β-unsaturated/α-hetero) is 1. The van der Waals surface area contributed by atoms with Crippen LogP contribution in [-0.2, 0) is 25.5 Å². The standard InChI is InChI=1S/C19H23NO5/c21-15(13-14-5-2-1-3-6-14)17-18(22)16(25-19(17)23)7-4-8-20-9-11-24-12-10-20/h1-3,5-6,16,22H,4,7-13H2. The lowest BCUT2D eigenvalue weighted by atomic mass is 10.0. The van der Waals surface area contributed by atoms with Gasteiger partial charge in [-0.25, -0.2) is 4.79 Å². The molecule has 0 aromatic heterocycles. The smallest absolute Gasteiger partial charge is 0.346 e. The number of aliphatic hydroxyl groups is 1. The Morgan fingerprint density at radius 2 is 1.92 bits per heavy atom. The lowest BCUT2D eigenvalue weighted by Crippen LogP contribution is -2.37. The van der Waals surface area contributed by atoms with Gasteiger partial charge in [-0.3, -0.25) is 9.69 Å². The number of carbonyl (C=O) groups excluding carboxylic acids is 2. The maximum Gasteiger partial charge on any atom is 0.346 e. The second kappa shape index (κ2) is 8.27. The molecule has 2 aliphatic rings. The van der Waals surface area contributed by atoms with Crippen LogP contribution in [-0.4, -0.2) is 60.7 Å². The minimum absolute atomic E-state index is 0.0792. The summed E-state index contributed by atoms with van der Waals surface area (Å²) in [7, 11) is 0. The van der Waals surface area contributed by atoms with Gasteiger partial charge >= 0.3 is 5.97 Å². The number of rotatable bonds is 7. The zero-order valence-corrected chi connectivity index (χ0v) is 14.1. The van der Waals surface area contributed by atoms with Crippen LogP contribution in [0.15, 0.2) is 41.7 Å². The third-order valence-corrected chi connectivity index (χ3v) is 4.55. The Labute approximate surface area is 147 Å². The van der Waals surface area contributed by atoms with E-state index in [1.54, 1.807) is 0 Å². The summed E-state index contributed by atoms with van der Waals surface area (Å²) in [5.41, 5.74) is 0.608. The van der Waals surface area contributed by atoms with Gasteiger partial charge < -0.3 is 14.6 Å². The molecule has 0 amide bonds. The van der Waals surface area contributed by atoms with Gasteiger partial charge in [-0.15, -0.1) is 0 Å². The molecule has 0 aliphatic carbocycles. The maximum absolute atomic E-state index is 12.4. The fourth-order valence-electron chi connectivity index (χ4n) is 3.16. The Kier molecular flexibility index (Phi) is 5.83. The summed E-state index contributed by atoms with van der Waals surface area (Å²) >= 11 is 0. The van der Waals surface area contributed by atoms with E-state index in [4.69, 9.17) is 9.47 Å². The third-order valence-electron chi connectivity index (χ3n) is 4.55. The molecule has 2 heterocycles. The fraction of sp³-hybridized carbons (Fsp3) is 0.474. The summed E-state index contributed by atoms with van der Waals surface area (Å²) in [5.74, 6) is -1.33. The summed E-state index contributed by atoms with van der Waals surface area (Å²) in [5, 5.41) is 10.3. The van der Waals surface area contributed by atoms with E-state index >= 15 is 0 Å². The monoisotopic (exact) mass is 345 g/mol. The quantitative estimate of drug-likeness (QED) is 0.598. The molecule has 1 fully saturated rings. The molecule has 1 saturated heterocycles. The summed E-state index contributed by atoms with van der Waals surface area (Å²) in [6.07, 6.45) is 0.665. The maximum atomic E-state index is 12.4. The van der Waals surface area contributed by atoms with E-state index in [1.165, 1.54) is 0 Å². The predicted octanol–water partition coefficient (Wildman–Crippen LogP) is 1.65. The Hall–Kier alpha value is -2.18. The number of ether oxygens (including phenoxy) is 2. The molecule has 3 rings (SSSR count). The summed E-state index contributed by atoms with van der Waals surface area (Å²) in [6, 6.07) is 9.15. The molecule has 6 heteroatoms. The molecular formula is C19H23NO5. The van der Waals surface area contributed by atoms with Crippen LogP contribution < -0.4 is 0 Å². The molecule has 25 heavy (non-hydrogen) atoms. The number of esters is 1. The van der Waals surface area contributed by atoms with E-state index in [1.807, 2.05) is 30.3 Å². The van der Waals surface area contributed by atoms with Crippen molar-refractivity contribution in [2.24, 2.45) is 0 Å². The SMILES string of the molecule is O=C(Cc1ccccc1)C1=C(O)C(CCCN2CCOCC2)OC1=O. The Morgan fingerprint density at radius 3 is 2.64 bits per heavy atom. The third kappa shape index (κ3) is 4.46. The summed E-state index contributed by atoms with van der Waals surface area (Å²) < 4.78 is 10.5. The van der Waals surface area contributed by atoms with Crippen LogP contribution in [0.5, 0.6) is 0 Å². The van der Waals surface area contributed by atoms with Gasteiger partial charge in [0.1, 0.15) is 5.57 Å². The van der Waals surface area contributed by atoms with Gasteiger partial charge in [-0.2, -0.15) is 0 Å². The molecule has 0 radical (unpaired) electrons. The van der Waals surface area contributed by atoms with Crippen molar-refractivity contribution < 1.29 is 24.2 Å². The van der Waals surface area contributed by atoms with Crippen LogP contribution in [0, 0.1) is 0 Å². The molecule has 1 aromatic carbocycles. The molecule has 0 spiro atoms. The van der Waals surface area contributed by atoms with Crippen molar-refractivity contribution >= 4 is 11.8 Å². The molecule has 1 aromatic rings. The van der Waals surface area contributed by atoms with Crippen LogP contribution in [0.2, 0.25) is 0 Å². The van der Waals surface area contributed by atoms with Crippen LogP contribution in [0.1, 0.15) is 18.4 Å². The van der Waals surface area contributed by atoms with E-state index in [0.29, 0.717) is 6.42 Å². The second-order valence-electron chi connectivity index (χ2n) is 6.34. The fourth-order valence-corrected chi connectivity index (χ4v) is 3.16. The number of benzene rings is 1. The van der Waals surface area contributed by atoms with Crippen molar-refractivity contribution in [1.82, 2.24) is 4.90 Å². The molecule has 1 unspecified atom stereocenters. The van der Waals surface area contributed by atoms with Crippen LogP contribution >= 0.6 is 0 Å². The number of hydrogen-bond donors (Lipinski definition) is 1. The molecule has 0 saturated carbocycles. The van der Waals surface area contributed by atoms with Gasteiger partial charge in [-0.05, 0) is 24.9 Å². The van der Waals surface area contributed by atoms with Crippen LogP contribution in [0.4, 0.5) is 0 Å². The van der Waals surface area contributed by atoms with Crippen LogP contribution in [0.25, 0.3) is 0 Å². The van der Waals surface area contributed by atoms with Crippen molar-refractivity contribution in [2.45, 2.75) is 25.4 Å². The molecular weight excluding hydrogens is 322 g/mol. The second-order valence-corrected chi connectivity index (χ2v) is 6.34. The molecule has 0 bridgehead atoms. The van der Waals surface area contributed by atoms with Crippen molar-refractivity contribution in [3.63, 3.8) is 0 Å². The Morgan fingerprint density at radius 1 is 1.20 bits per heavy atom. The summed E-state index contributed by atoms with van der Waals surface area (Å²) in [6.45, 7) is 4.13. The van der Waals surface area contributed by atoms with E-state index < -0.39 is 17.9 Å². The van der Waals surface area contributed by atoms with Gasteiger partial charge in [0, 0.05) is 19.5 Å². The van der Waals surface area contributed by atoms with Gasteiger partial charge in [0.2, 0.25) is 0 Å². The van der Waals surface area contributed by atoms with Gasteiger partial charge in [0.15, 0.2) is 17.6 Å². The van der Waals surface area contributed by atoms with E-state index in [-0.39, 0.29) is 17.8 Å². The summed E-state index contributed by atoms with van der Waals surface area (Å²) in [4.78, 5) is 26.6. The van der Waals surface area contributed by atoms with E-state index in [2.05, 4.69) is 4.90 Å². The van der Waals surface area contributed by atoms with Gasteiger partial charge in [0.25, 0.3) is 0 Å². The molecule has 1 atom stereocenters. The first kappa shape index (κ1) is 17.6. The van der Waals surface area contributed by atoms with Gasteiger partial charge in [0.05, 0.1) is 13.2 Å². The van der Waals surface area contributed by atoms with Crippen molar-refractivity contribution in [2.75, 3.05) is 32.8 Å². The lowest BCUT2D eigenvalue weighted by molar-refractivity contribution is -0.141. The zero-order chi connectivity index (χ0) is 17.6. The molecule has 2 aliphatic heterocycles.